The molecule has 5 nitrogen and oxygen atoms in total. The van der Waals surface area contributed by atoms with Gasteiger partial charge in [-0.2, -0.15) is 0 Å². The second-order valence-electron chi connectivity index (χ2n) is 7.03. The van der Waals surface area contributed by atoms with Crippen LogP contribution in [0.2, 0.25) is 0 Å². The van der Waals surface area contributed by atoms with Crippen molar-refractivity contribution in [2.45, 2.75) is 32.4 Å². The topological polar surface area (TPSA) is 45.8 Å². The largest absolute Gasteiger partial charge is 0.494 e. The van der Waals surface area contributed by atoms with E-state index in [-0.39, 0.29) is 0 Å². The number of rotatable bonds is 7. The highest BCUT2D eigenvalue weighted by Gasteiger charge is 2.17. The third-order valence-corrected chi connectivity index (χ3v) is 5.01. The molecule has 0 bridgehead atoms. The van der Waals surface area contributed by atoms with E-state index in [2.05, 4.69) is 34.7 Å². The summed E-state index contributed by atoms with van der Waals surface area (Å²) in [4.78, 5) is 2.35. The summed E-state index contributed by atoms with van der Waals surface area (Å²) >= 11 is 5.38. The fourth-order valence-corrected chi connectivity index (χ4v) is 3.33. The summed E-state index contributed by atoms with van der Waals surface area (Å²) in [6, 6.07) is 16.0. The Morgan fingerprint density at radius 3 is 2.32 bits per heavy atom. The first kappa shape index (κ1) is 20.4. The van der Waals surface area contributed by atoms with E-state index in [1.165, 1.54) is 0 Å². The van der Waals surface area contributed by atoms with Gasteiger partial charge in [0.05, 0.1) is 6.61 Å². The van der Waals surface area contributed by atoms with Crippen LogP contribution in [-0.4, -0.2) is 42.9 Å². The van der Waals surface area contributed by atoms with Crippen molar-refractivity contribution in [2.24, 2.45) is 0 Å². The van der Waals surface area contributed by atoms with Crippen molar-refractivity contribution in [1.29, 1.82) is 0 Å². The van der Waals surface area contributed by atoms with Gasteiger partial charge in [-0.3, -0.25) is 0 Å². The molecule has 0 aromatic heterocycles. The molecule has 2 aromatic carbocycles. The van der Waals surface area contributed by atoms with Crippen molar-refractivity contribution in [2.75, 3.05) is 32.1 Å². The number of ether oxygens (including phenoxy) is 2. The molecular formula is C22H29N3O2S. The molecule has 1 heterocycles. The second-order valence-corrected chi connectivity index (χ2v) is 7.44. The molecule has 1 saturated heterocycles. The van der Waals surface area contributed by atoms with Crippen LogP contribution in [0.1, 0.15) is 25.3 Å². The van der Waals surface area contributed by atoms with Crippen LogP contribution >= 0.6 is 12.2 Å². The van der Waals surface area contributed by atoms with Crippen molar-refractivity contribution in [3.8, 4) is 11.5 Å². The number of likely N-dealkylation sites (tertiary alicyclic amines) is 1. The zero-order chi connectivity index (χ0) is 19.8. The van der Waals surface area contributed by atoms with Gasteiger partial charge < -0.3 is 25.0 Å². The maximum absolute atomic E-state index is 6.09. The van der Waals surface area contributed by atoms with Gasteiger partial charge in [-0.1, -0.05) is 12.1 Å². The molecule has 1 aliphatic rings. The molecule has 0 aliphatic carbocycles. The Bertz CT molecular complexity index is 741. The molecule has 0 amide bonds. The van der Waals surface area contributed by atoms with Crippen LogP contribution < -0.4 is 20.1 Å². The van der Waals surface area contributed by atoms with Gasteiger partial charge in [-0.05, 0) is 81.0 Å². The molecule has 28 heavy (non-hydrogen) atoms. The van der Waals surface area contributed by atoms with E-state index in [1.807, 2.05) is 43.3 Å². The number of hydrogen-bond acceptors (Lipinski definition) is 4. The predicted octanol–water partition coefficient (Wildman–Crippen LogP) is 4.04. The third-order valence-electron chi connectivity index (χ3n) is 4.77. The summed E-state index contributed by atoms with van der Waals surface area (Å²) in [5, 5.41) is 7.02. The third kappa shape index (κ3) is 6.39. The zero-order valence-corrected chi connectivity index (χ0v) is 17.4. The molecule has 1 aliphatic heterocycles. The molecule has 6 heteroatoms. The lowest BCUT2D eigenvalue weighted by atomic mass is 10.1. The lowest BCUT2D eigenvalue weighted by molar-refractivity contribution is 0.114. The Morgan fingerprint density at radius 2 is 1.68 bits per heavy atom. The SMILES string of the molecule is CCOc1ccc(NC(=S)NCc2ccc(OC3CCN(C)CC3)cc2)cc1. The van der Waals surface area contributed by atoms with Crippen LogP contribution in [0, 0.1) is 0 Å². The Hall–Kier alpha value is -2.31. The quantitative estimate of drug-likeness (QED) is 0.685. The number of hydrogen-bond donors (Lipinski definition) is 2. The minimum absolute atomic E-state index is 0.325. The van der Waals surface area contributed by atoms with E-state index in [0.29, 0.717) is 24.4 Å². The number of piperidine rings is 1. The smallest absolute Gasteiger partial charge is 0.171 e. The summed E-state index contributed by atoms with van der Waals surface area (Å²) in [7, 11) is 2.16. The molecule has 1 fully saturated rings. The number of thiocarbonyl (C=S) groups is 1. The molecule has 0 spiro atoms. The first-order valence-corrected chi connectivity index (χ1v) is 10.2. The summed E-state index contributed by atoms with van der Waals surface area (Å²) in [5.41, 5.74) is 2.09. The van der Waals surface area contributed by atoms with Gasteiger partial charge in [0, 0.05) is 25.3 Å². The first-order valence-electron chi connectivity index (χ1n) is 9.84. The van der Waals surface area contributed by atoms with Crippen LogP contribution in [0.3, 0.4) is 0 Å². The average molecular weight is 400 g/mol. The molecule has 0 radical (unpaired) electrons. The van der Waals surface area contributed by atoms with E-state index in [0.717, 1.165) is 48.7 Å². The number of nitrogens with zero attached hydrogens (tertiary/aromatic N) is 1. The van der Waals surface area contributed by atoms with Crippen LogP contribution in [0.4, 0.5) is 5.69 Å². The molecule has 0 unspecified atom stereocenters. The standard InChI is InChI=1S/C22H29N3O2S/c1-3-26-19-10-6-18(7-11-19)24-22(28)23-16-17-4-8-20(9-5-17)27-21-12-14-25(2)15-13-21/h4-11,21H,3,12-16H2,1-2H3,(H2,23,24,28). The molecule has 0 saturated carbocycles. The Kier molecular flexibility index (Phi) is 7.51. The van der Waals surface area contributed by atoms with Crippen molar-refractivity contribution >= 4 is 23.0 Å². The van der Waals surface area contributed by atoms with E-state index in [1.54, 1.807) is 0 Å². The fraction of sp³-hybridized carbons (Fsp3) is 0.409. The van der Waals surface area contributed by atoms with E-state index in [9.17, 15) is 0 Å². The van der Waals surface area contributed by atoms with Crippen molar-refractivity contribution < 1.29 is 9.47 Å². The lowest BCUT2D eigenvalue weighted by Crippen LogP contribution is -2.35. The van der Waals surface area contributed by atoms with Gasteiger partial charge >= 0.3 is 0 Å². The number of benzene rings is 2. The monoisotopic (exact) mass is 399 g/mol. The highest BCUT2D eigenvalue weighted by Crippen LogP contribution is 2.19. The second kappa shape index (κ2) is 10.3. The van der Waals surface area contributed by atoms with Crippen LogP contribution in [0.5, 0.6) is 11.5 Å². The lowest BCUT2D eigenvalue weighted by Gasteiger charge is -2.29. The van der Waals surface area contributed by atoms with Crippen molar-refractivity contribution in [3.05, 3.63) is 54.1 Å². The summed E-state index contributed by atoms with van der Waals surface area (Å²) in [6.45, 7) is 5.50. The van der Waals surface area contributed by atoms with E-state index in [4.69, 9.17) is 21.7 Å². The van der Waals surface area contributed by atoms with Crippen molar-refractivity contribution in [3.63, 3.8) is 0 Å². The molecule has 0 atom stereocenters. The molecule has 2 aromatic rings. The summed E-state index contributed by atoms with van der Waals surface area (Å²) < 4.78 is 11.5. The predicted molar refractivity (Wildman–Crippen MR) is 118 cm³/mol. The van der Waals surface area contributed by atoms with Gasteiger partial charge in [0.15, 0.2) is 5.11 Å². The van der Waals surface area contributed by atoms with Crippen LogP contribution in [-0.2, 0) is 6.54 Å². The van der Waals surface area contributed by atoms with Gasteiger partial charge in [-0.25, -0.2) is 0 Å². The highest BCUT2D eigenvalue weighted by molar-refractivity contribution is 7.80. The summed E-state index contributed by atoms with van der Waals surface area (Å²) in [6.07, 6.45) is 2.50. The Balaban J connectivity index is 1.42. The van der Waals surface area contributed by atoms with Crippen LogP contribution in [0.15, 0.2) is 48.5 Å². The Morgan fingerprint density at radius 1 is 1.04 bits per heavy atom. The minimum atomic E-state index is 0.325. The summed E-state index contributed by atoms with van der Waals surface area (Å²) in [5.74, 6) is 1.79. The highest BCUT2D eigenvalue weighted by atomic mass is 32.1. The van der Waals surface area contributed by atoms with E-state index >= 15 is 0 Å². The van der Waals surface area contributed by atoms with Crippen molar-refractivity contribution in [1.82, 2.24) is 10.2 Å². The molecule has 3 rings (SSSR count). The van der Waals surface area contributed by atoms with E-state index < -0.39 is 0 Å². The fourth-order valence-electron chi connectivity index (χ4n) is 3.14. The minimum Gasteiger partial charge on any atom is -0.494 e. The molecule has 150 valence electrons. The maximum Gasteiger partial charge on any atom is 0.171 e. The average Bonchev–Trinajstić information content (AvgIpc) is 2.71. The van der Waals surface area contributed by atoms with Crippen LogP contribution in [0.25, 0.3) is 0 Å². The van der Waals surface area contributed by atoms with Gasteiger partial charge in [-0.15, -0.1) is 0 Å². The number of nitrogens with one attached hydrogen (secondary N) is 2. The van der Waals surface area contributed by atoms with Gasteiger partial charge in [0.25, 0.3) is 0 Å². The first-order chi connectivity index (χ1) is 13.6. The normalized spacial score (nSPS) is 15.1. The van der Waals surface area contributed by atoms with Gasteiger partial charge in [0.1, 0.15) is 17.6 Å². The molecule has 2 N–H and O–H groups in total. The Labute approximate surface area is 173 Å². The number of anilines is 1. The van der Waals surface area contributed by atoms with Gasteiger partial charge in [0.2, 0.25) is 0 Å². The molecular weight excluding hydrogens is 370 g/mol. The maximum atomic E-state index is 6.09. The zero-order valence-electron chi connectivity index (χ0n) is 16.6.